The summed E-state index contributed by atoms with van der Waals surface area (Å²) in [4.78, 5) is 22.6. The molecule has 1 aliphatic heterocycles. The number of hydrogen-bond acceptors (Lipinski definition) is 7. The summed E-state index contributed by atoms with van der Waals surface area (Å²) < 4.78 is 5.01. The van der Waals surface area contributed by atoms with E-state index in [2.05, 4.69) is 15.1 Å². The molecule has 3 rings (SSSR count). The van der Waals surface area contributed by atoms with E-state index in [9.17, 15) is 9.90 Å². The van der Waals surface area contributed by atoms with Gasteiger partial charge in [0.2, 0.25) is 11.8 Å². The maximum absolute atomic E-state index is 12.7. The zero-order chi connectivity index (χ0) is 17.3. The van der Waals surface area contributed by atoms with Gasteiger partial charge < -0.3 is 14.5 Å². The Kier molecular flexibility index (Phi) is 4.16. The summed E-state index contributed by atoms with van der Waals surface area (Å²) in [7, 11) is 0. The van der Waals surface area contributed by atoms with Crippen molar-refractivity contribution in [1.29, 1.82) is 5.26 Å². The van der Waals surface area contributed by atoms with Gasteiger partial charge in [0.25, 0.3) is 5.91 Å². The van der Waals surface area contributed by atoms with Crippen LogP contribution in [0.3, 0.4) is 0 Å². The van der Waals surface area contributed by atoms with Crippen LogP contribution in [-0.2, 0) is 0 Å². The minimum absolute atomic E-state index is 0.00103. The summed E-state index contributed by atoms with van der Waals surface area (Å²) in [5.74, 6) is 0.879. The molecule has 0 radical (unpaired) electrons. The van der Waals surface area contributed by atoms with E-state index in [1.165, 1.54) is 6.07 Å². The molecule has 1 amide bonds. The number of aromatic nitrogens is 3. The lowest BCUT2D eigenvalue weighted by molar-refractivity contribution is 0.0709. The highest BCUT2D eigenvalue weighted by molar-refractivity contribution is 5.95. The zero-order valence-electron chi connectivity index (χ0n) is 13.5. The molecule has 8 heteroatoms. The van der Waals surface area contributed by atoms with E-state index >= 15 is 0 Å². The molecule has 1 aliphatic rings. The van der Waals surface area contributed by atoms with Crippen LogP contribution in [0.15, 0.2) is 10.6 Å². The number of likely N-dealkylation sites (tertiary alicyclic amines) is 1. The Morgan fingerprint density at radius 2 is 2.08 bits per heavy atom. The lowest BCUT2D eigenvalue weighted by atomic mass is 9.95. The van der Waals surface area contributed by atoms with Crippen molar-refractivity contribution in [3.8, 4) is 11.9 Å². The number of carbonyl (C=O) groups excluding carboxylic acids is 1. The van der Waals surface area contributed by atoms with E-state index < -0.39 is 0 Å². The van der Waals surface area contributed by atoms with Crippen molar-refractivity contribution in [1.82, 2.24) is 20.0 Å². The van der Waals surface area contributed by atoms with Crippen molar-refractivity contribution in [2.24, 2.45) is 0 Å². The average molecular weight is 327 g/mol. The van der Waals surface area contributed by atoms with Crippen LogP contribution in [0, 0.1) is 25.2 Å². The number of nitrogens with zero attached hydrogens (tertiary/aromatic N) is 5. The Balaban J connectivity index is 1.73. The summed E-state index contributed by atoms with van der Waals surface area (Å²) in [6, 6.07) is 3.24. The van der Waals surface area contributed by atoms with E-state index in [0.717, 1.165) is 12.8 Å². The minimum Gasteiger partial charge on any atom is -0.492 e. The number of hydrogen-bond donors (Lipinski definition) is 1. The van der Waals surface area contributed by atoms with Crippen LogP contribution in [0.5, 0.6) is 5.88 Å². The first-order valence-electron chi connectivity index (χ1n) is 7.69. The Morgan fingerprint density at radius 3 is 2.67 bits per heavy atom. The van der Waals surface area contributed by atoms with Crippen molar-refractivity contribution in [2.45, 2.75) is 32.6 Å². The van der Waals surface area contributed by atoms with Gasteiger partial charge in [-0.3, -0.25) is 4.79 Å². The zero-order valence-corrected chi connectivity index (χ0v) is 13.5. The second-order valence-electron chi connectivity index (χ2n) is 5.84. The van der Waals surface area contributed by atoms with E-state index in [0.29, 0.717) is 36.1 Å². The topological polar surface area (TPSA) is 116 Å². The molecule has 2 aromatic heterocycles. The van der Waals surface area contributed by atoms with E-state index in [1.54, 1.807) is 18.7 Å². The fourth-order valence-electron chi connectivity index (χ4n) is 2.88. The van der Waals surface area contributed by atoms with Crippen molar-refractivity contribution in [3.05, 3.63) is 34.6 Å². The fourth-order valence-corrected chi connectivity index (χ4v) is 2.88. The van der Waals surface area contributed by atoms with Gasteiger partial charge in [0.15, 0.2) is 5.82 Å². The SMILES string of the molecule is Cc1nc(C2CCN(C(=O)c3cc(C#N)c(O)nc3C)CC2)no1. The lowest BCUT2D eigenvalue weighted by Crippen LogP contribution is -2.38. The van der Waals surface area contributed by atoms with Gasteiger partial charge in [0.05, 0.1) is 11.3 Å². The number of aromatic hydroxyl groups is 1. The third-order valence-corrected chi connectivity index (χ3v) is 4.23. The first-order valence-corrected chi connectivity index (χ1v) is 7.69. The smallest absolute Gasteiger partial charge is 0.255 e. The van der Waals surface area contributed by atoms with Crippen molar-refractivity contribution in [2.75, 3.05) is 13.1 Å². The standard InChI is InChI=1S/C16H17N5O3/c1-9-13(7-12(8-17)15(22)18-9)16(23)21-5-3-11(4-6-21)14-19-10(2)24-20-14/h7,11H,3-6H2,1-2H3,(H,18,22). The number of rotatable bonds is 2. The molecule has 8 nitrogen and oxygen atoms in total. The van der Waals surface area contributed by atoms with Crippen LogP contribution in [0.1, 0.15) is 52.1 Å². The molecule has 1 fully saturated rings. The van der Waals surface area contributed by atoms with Crippen molar-refractivity contribution >= 4 is 5.91 Å². The van der Waals surface area contributed by atoms with Gasteiger partial charge in [-0.2, -0.15) is 10.2 Å². The molecule has 124 valence electrons. The number of nitriles is 1. The molecule has 0 bridgehead atoms. The minimum atomic E-state index is -0.349. The van der Waals surface area contributed by atoms with Gasteiger partial charge in [-0.25, -0.2) is 4.98 Å². The highest BCUT2D eigenvalue weighted by Crippen LogP contribution is 2.27. The summed E-state index contributed by atoms with van der Waals surface area (Å²) in [6.45, 7) is 4.53. The van der Waals surface area contributed by atoms with Gasteiger partial charge in [0.1, 0.15) is 11.6 Å². The summed E-state index contributed by atoms with van der Waals surface area (Å²) in [6.07, 6.45) is 1.50. The molecule has 3 heterocycles. The Labute approximate surface area is 138 Å². The molecular formula is C16H17N5O3. The first kappa shape index (κ1) is 15.9. The monoisotopic (exact) mass is 327 g/mol. The quantitative estimate of drug-likeness (QED) is 0.891. The van der Waals surface area contributed by atoms with Gasteiger partial charge in [0, 0.05) is 25.9 Å². The Hall–Kier alpha value is -2.95. The number of pyridine rings is 1. The molecule has 0 unspecified atom stereocenters. The molecule has 0 aliphatic carbocycles. The average Bonchev–Trinajstić information content (AvgIpc) is 3.01. The third kappa shape index (κ3) is 2.93. The Bertz CT molecular complexity index is 816. The number of carbonyl (C=O) groups is 1. The van der Waals surface area contributed by atoms with Crippen LogP contribution in [-0.4, -0.2) is 44.1 Å². The summed E-state index contributed by atoms with van der Waals surface area (Å²) >= 11 is 0. The maximum Gasteiger partial charge on any atom is 0.255 e. The van der Waals surface area contributed by atoms with Gasteiger partial charge in [-0.15, -0.1) is 0 Å². The maximum atomic E-state index is 12.7. The largest absolute Gasteiger partial charge is 0.492 e. The van der Waals surface area contributed by atoms with Gasteiger partial charge >= 0.3 is 0 Å². The lowest BCUT2D eigenvalue weighted by Gasteiger charge is -2.31. The first-order chi connectivity index (χ1) is 11.5. The van der Waals surface area contributed by atoms with E-state index in [-0.39, 0.29) is 23.3 Å². The predicted molar refractivity (Wildman–Crippen MR) is 82.3 cm³/mol. The summed E-state index contributed by atoms with van der Waals surface area (Å²) in [5.41, 5.74) is 0.756. The number of piperidine rings is 1. The van der Waals surface area contributed by atoms with Gasteiger partial charge in [-0.1, -0.05) is 5.16 Å². The molecule has 2 aromatic rings. The number of aryl methyl sites for hydroxylation is 2. The highest BCUT2D eigenvalue weighted by atomic mass is 16.5. The van der Waals surface area contributed by atoms with Crippen LogP contribution >= 0.6 is 0 Å². The highest BCUT2D eigenvalue weighted by Gasteiger charge is 2.28. The molecule has 0 saturated carbocycles. The number of amides is 1. The van der Waals surface area contributed by atoms with Crippen molar-refractivity contribution < 1.29 is 14.4 Å². The molecule has 1 saturated heterocycles. The van der Waals surface area contributed by atoms with Crippen LogP contribution in [0.2, 0.25) is 0 Å². The second-order valence-corrected chi connectivity index (χ2v) is 5.84. The molecule has 0 atom stereocenters. The molecule has 1 N–H and O–H groups in total. The van der Waals surface area contributed by atoms with Crippen molar-refractivity contribution in [3.63, 3.8) is 0 Å². The predicted octanol–water partition coefficient (Wildman–Crippen LogP) is 1.68. The molecule has 0 aromatic carbocycles. The summed E-state index contributed by atoms with van der Waals surface area (Å²) in [5, 5.41) is 22.5. The molecule has 24 heavy (non-hydrogen) atoms. The van der Waals surface area contributed by atoms with Crippen LogP contribution < -0.4 is 0 Å². The van der Waals surface area contributed by atoms with Crippen LogP contribution in [0.4, 0.5) is 0 Å². The fraction of sp³-hybridized carbons (Fsp3) is 0.438. The molecule has 0 spiro atoms. The van der Waals surface area contributed by atoms with E-state index in [4.69, 9.17) is 9.78 Å². The van der Waals surface area contributed by atoms with Gasteiger partial charge in [-0.05, 0) is 25.8 Å². The van der Waals surface area contributed by atoms with Crippen LogP contribution in [0.25, 0.3) is 0 Å². The second kappa shape index (κ2) is 6.28. The molecular weight excluding hydrogens is 310 g/mol. The van der Waals surface area contributed by atoms with E-state index in [1.807, 2.05) is 6.07 Å². The Morgan fingerprint density at radius 1 is 1.38 bits per heavy atom. The normalized spacial score (nSPS) is 15.3. The third-order valence-electron chi connectivity index (χ3n) is 4.23.